The molecule has 0 fully saturated rings. The number of anilines is 1. The Morgan fingerprint density at radius 3 is 2.47 bits per heavy atom. The summed E-state index contributed by atoms with van der Waals surface area (Å²) in [7, 11) is -2.73. The lowest BCUT2D eigenvalue weighted by Crippen LogP contribution is -2.39. The minimum absolute atomic E-state index is 0.0295. The zero-order valence-corrected chi connectivity index (χ0v) is 19.4. The van der Waals surface area contributed by atoms with Crippen LogP contribution in [-0.2, 0) is 14.8 Å². The Morgan fingerprint density at radius 1 is 1.15 bits per heavy atom. The van der Waals surface area contributed by atoms with Crippen LogP contribution in [0.25, 0.3) is 0 Å². The molecule has 0 atom stereocenters. The van der Waals surface area contributed by atoms with Crippen molar-refractivity contribution in [2.75, 3.05) is 18.0 Å². The van der Waals surface area contributed by atoms with E-state index in [1.807, 2.05) is 0 Å². The number of hydrogen-bond donors (Lipinski definition) is 1. The molecule has 0 radical (unpaired) electrons. The first-order valence-electron chi connectivity index (χ1n) is 9.70. The number of rotatable bonds is 9. The molecule has 0 spiro atoms. The number of sulfonamides is 1. The lowest BCUT2D eigenvalue weighted by atomic mass is 10.2. The summed E-state index contributed by atoms with van der Waals surface area (Å²) in [6.45, 7) is -0.631. The van der Waals surface area contributed by atoms with Crippen LogP contribution in [0.5, 0.6) is 5.75 Å². The van der Waals surface area contributed by atoms with Crippen LogP contribution in [0.2, 0.25) is 5.02 Å². The van der Waals surface area contributed by atoms with Crippen molar-refractivity contribution >= 4 is 45.1 Å². The summed E-state index contributed by atoms with van der Waals surface area (Å²) in [4.78, 5) is 23.1. The number of hydrogen-bond acceptors (Lipinski definition) is 7. The number of para-hydroxylation sites is 1. The molecule has 1 N–H and O–H groups in total. The number of nitro benzene ring substituents is 1. The molecule has 0 bridgehead atoms. The van der Waals surface area contributed by atoms with E-state index in [2.05, 4.69) is 10.5 Å². The van der Waals surface area contributed by atoms with E-state index in [-0.39, 0.29) is 26.9 Å². The number of carbonyl (C=O) groups excluding carboxylic acids is 1. The number of amides is 1. The minimum Gasteiger partial charge on any atom is -0.495 e. The predicted molar refractivity (Wildman–Crippen MR) is 128 cm³/mol. The third kappa shape index (κ3) is 5.69. The Kier molecular flexibility index (Phi) is 7.82. The maximum atomic E-state index is 13.3. The van der Waals surface area contributed by atoms with Gasteiger partial charge in [0.1, 0.15) is 12.3 Å². The summed E-state index contributed by atoms with van der Waals surface area (Å²) >= 11 is 6.17. The van der Waals surface area contributed by atoms with Gasteiger partial charge in [-0.3, -0.25) is 19.2 Å². The Labute approximate surface area is 200 Å². The largest absolute Gasteiger partial charge is 0.495 e. The molecule has 0 unspecified atom stereocenters. The van der Waals surface area contributed by atoms with Crippen LogP contribution in [0.15, 0.2) is 82.8 Å². The molecule has 34 heavy (non-hydrogen) atoms. The van der Waals surface area contributed by atoms with Crippen LogP contribution in [0.4, 0.5) is 11.4 Å². The molecular formula is C22H19ClN4O6S. The molecule has 1 amide bonds. The van der Waals surface area contributed by atoms with Crippen molar-refractivity contribution in [3.05, 3.63) is 93.5 Å². The Bertz CT molecular complexity index is 1330. The Morgan fingerprint density at radius 2 is 1.82 bits per heavy atom. The molecule has 10 nitrogen and oxygen atoms in total. The quantitative estimate of drug-likeness (QED) is 0.270. The van der Waals surface area contributed by atoms with Crippen LogP contribution in [0.1, 0.15) is 5.56 Å². The predicted octanol–water partition coefficient (Wildman–Crippen LogP) is 3.60. The summed E-state index contributed by atoms with van der Waals surface area (Å²) in [6, 6.07) is 17.7. The van der Waals surface area contributed by atoms with Crippen LogP contribution >= 0.6 is 11.6 Å². The molecule has 0 saturated carbocycles. The summed E-state index contributed by atoms with van der Waals surface area (Å²) in [5.74, 6) is -0.442. The van der Waals surface area contributed by atoms with Gasteiger partial charge in [0.2, 0.25) is 0 Å². The van der Waals surface area contributed by atoms with E-state index in [9.17, 15) is 23.3 Å². The first-order valence-corrected chi connectivity index (χ1v) is 11.5. The van der Waals surface area contributed by atoms with Crippen molar-refractivity contribution in [2.45, 2.75) is 4.90 Å². The first-order chi connectivity index (χ1) is 16.2. The lowest BCUT2D eigenvalue weighted by Gasteiger charge is -2.24. The second-order valence-corrected chi connectivity index (χ2v) is 9.02. The van der Waals surface area contributed by atoms with E-state index in [1.54, 1.807) is 24.3 Å². The Hall–Kier alpha value is -3.96. The highest BCUT2D eigenvalue weighted by Gasteiger charge is 2.27. The molecule has 3 rings (SSSR count). The fourth-order valence-electron chi connectivity index (χ4n) is 2.95. The van der Waals surface area contributed by atoms with Gasteiger partial charge in [-0.25, -0.2) is 13.8 Å². The highest BCUT2D eigenvalue weighted by atomic mass is 35.5. The zero-order valence-electron chi connectivity index (χ0n) is 17.8. The van der Waals surface area contributed by atoms with E-state index >= 15 is 0 Å². The number of halogens is 1. The topological polar surface area (TPSA) is 131 Å². The minimum atomic E-state index is -4.15. The van der Waals surface area contributed by atoms with Gasteiger partial charge >= 0.3 is 0 Å². The normalized spacial score (nSPS) is 11.2. The number of carbonyl (C=O) groups is 1. The van der Waals surface area contributed by atoms with Gasteiger partial charge in [0.15, 0.2) is 0 Å². The maximum absolute atomic E-state index is 13.3. The van der Waals surface area contributed by atoms with Gasteiger partial charge in [-0.2, -0.15) is 5.10 Å². The number of methoxy groups -OCH3 is 1. The van der Waals surface area contributed by atoms with Crippen molar-refractivity contribution in [2.24, 2.45) is 5.10 Å². The van der Waals surface area contributed by atoms with Gasteiger partial charge < -0.3 is 4.74 Å². The van der Waals surface area contributed by atoms with Crippen LogP contribution in [-0.4, -0.2) is 39.1 Å². The fourth-order valence-corrected chi connectivity index (χ4v) is 4.63. The maximum Gasteiger partial charge on any atom is 0.278 e. The summed E-state index contributed by atoms with van der Waals surface area (Å²) < 4.78 is 32.6. The third-order valence-corrected chi connectivity index (χ3v) is 6.65. The van der Waals surface area contributed by atoms with E-state index in [4.69, 9.17) is 16.3 Å². The average Bonchev–Trinajstić information content (AvgIpc) is 2.83. The van der Waals surface area contributed by atoms with E-state index in [0.29, 0.717) is 5.75 Å². The van der Waals surface area contributed by atoms with Crippen molar-refractivity contribution in [3.8, 4) is 5.75 Å². The van der Waals surface area contributed by atoms with Crippen LogP contribution < -0.4 is 14.5 Å². The molecule has 176 valence electrons. The number of benzene rings is 3. The van der Waals surface area contributed by atoms with Crippen LogP contribution in [0, 0.1) is 10.1 Å². The zero-order chi connectivity index (χ0) is 24.7. The monoisotopic (exact) mass is 502 g/mol. The van der Waals surface area contributed by atoms with Gasteiger partial charge in [-0.05, 0) is 36.4 Å². The molecular weight excluding hydrogens is 484 g/mol. The molecule has 0 aliphatic rings. The molecule has 0 aliphatic carbocycles. The van der Waals surface area contributed by atoms with Crippen LogP contribution in [0.3, 0.4) is 0 Å². The number of nitrogens with zero attached hydrogens (tertiary/aromatic N) is 3. The average molecular weight is 503 g/mol. The molecule has 3 aromatic carbocycles. The van der Waals surface area contributed by atoms with Crippen molar-refractivity contribution in [1.82, 2.24) is 5.43 Å². The van der Waals surface area contributed by atoms with Crippen molar-refractivity contribution in [1.29, 1.82) is 0 Å². The molecule has 0 heterocycles. The Balaban J connectivity index is 1.88. The van der Waals surface area contributed by atoms with Gasteiger partial charge in [-0.15, -0.1) is 0 Å². The SMILES string of the molecule is COc1ccc(N(CC(=O)N/N=C/c2ccccc2[N+](=O)[O-])S(=O)(=O)c2ccccc2)cc1Cl. The summed E-state index contributed by atoms with van der Waals surface area (Å²) in [5, 5.41) is 15.0. The van der Waals surface area contributed by atoms with E-state index in [0.717, 1.165) is 10.5 Å². The fraction of sp³-hybridized carbons (Fsp3) is 0.0909. The lowest BCUT2D eigenvalue weighted by molar-refractivity contribution is -0.385. The summed E-state index contributed by atoms with van der Waals surface area (Å²) in [6.07, 6.45) is 1.11. The second kappa shape index (κ2) is 10.8. The third-order valence-electron chi connectivity index (χ3n) is 4.57. The van der Waals surface area contributed by atoms with Gasteiger partial charge in [0.25, 0.3) is 21.6 Å². The molecule has 0 saturated heterocycles. The molecule has 0 aromatic heterocycles. The molecule has 12 heteroatoms. The highest BCUT2D eigenvalue weighted by molar-refractivity contribution is 7.92. The first kappa shape index (κ1) is 24.7. The summed E-state index contributed by atoms with van der Waals surface area (Å²) in [5.41, 5.74) is 2.31. The second-order valence-electron chi connectivity index (χ2n) is 6.75. The number of nitro groups is 1. The van der Waals surface area contributed by atoms with Crippen molar-refractivity contribution in [3.63, 3.8) is 0 Å². The highest BCUT2D eigenvalue weighted by Crippen LogP contribution is 2.31. The van der Waals surface area contributed by atoms with Crippen molar-refractivity contribution < 1.29 is 22.9 Å². The van der Waals surface area contributed by atoms with Gasteiger partial charge in [0.05, 0.1) is 39.4 Å². The van der Waals surface area contributed by atoms with E-state index < -0.39 is 27.4 Å². The van der Waals surface area contributed by atoms with Gasteiger partial charge in [0, 0.05) is 6.07 Å². The smallest absolute Gasteiger partial charge is 0.278 e. The number of ether oxygens (including phenoxy) is 1. The number of hydrazone groups is 1. The molecule has 0 aliphatic heterocycles. The van der Waals surface area contributed by atoms with E-state index in [1.165, 1.54) is 55.6 Å². The molecule has 3 aromatic rings. The number of nitrogens with one attached hydrogen (secondary N) is 1. The standard InChI is InChI=1S/C22H19ClN4O6S/c1-33-21-12-11-17(13-19(21)23)26(34(31,32)18-8-3-2-4-9-18)15-22(28)25-24-14-16-7-5-6-10-20(16)27(29)30/h2-14H,15H2,1H3,(H,25,28)/b24-14+. The van der Waals surface area contributed by atoms with Gasteiger partial charge in [-0.1, -0.05) is 41.9 Å².